The molecule has 2 nitrogen and oxygen atoms in total. The maximum Gasteiger partial charge on any atom is 0.123 e. The molecule has 57 heavy (non-hydrogen) atoms. The van der Waals surface area contributed by atoms with Gasteiger partial charge in [0.2, 0.25) is 0 Å². The van der Waals surface area contributed by atoms with Gasteiger partial charge < -0.3 is 9.80 Å². The van der Waals surface area contributed by atoms with Crippen LogP contribution in [0.5, 0.6) is 0 Å². The quantitative estimate of drug-likeness (QED) is 0.161. The summed E-state index contributed by atoms with van der Waals surface area (Å²) in [4.78, 5) is 4.57. The average molecular weight is 733 g/mol. The molecule has 0 aromatic heterocycles. The third-order valence-electron chi connectivity index (χ3n) is 10.9. The first kappa shape index (κ1) is 34.0. The third-order valence-corrected chi connectivity index (χ3v) is 10.9. The number of hydrogen-bond donors (Lipinski definition) is 0. The Morgan fingerprint density at radius 1 is 0.298 bits per heavy atom. The highest BCUT2D eigenvalue weighted by Crippen LogP contribution is 2.51. The predicted molar refractivity (Wildman–Crippen MR) is 237 cm³/mol. The maximum absolute atomic E-state index is 14.2. The van der Waals surface area contributed by atoms with Crippen molar-refractivity contribution in [1.82, 2.24) is 0 Å². The lowest BCUT2D eigenvalue weighted by Gasteiger charge is -2.27. The zero-order chi connectivity index (χ0) is 38.1. The Hall–Kier alpha value is -7.49. The van der Waals surface area contributed by atoms with E-state index in [2.05, 4.69) is 210 Å². The van der Waals surface area contributed by atoms with Gasteiger partial charge in [0.05, 0.1) is 11.4 Å². The molecule has 0 atom stereocenters. The molecule has 1 aliphatic rings. The van der Waals surface area contributed by atoms with Gasteiger partial charge in [-0.3, -0.25) is 0 Å². The molecule has 9 aromatic rings. The maximum atomic E-state index is 14.2. The summed E-state index contributed by atoms with van der Waals surface area (Å²) in [7, 11) is 0. The molecule has 0 amide bonds. The van der Waals surface area contributed by atoms with Gasteiger partial charge in [-0.2, -0.15) is 0 Å². The minimum absolute atomic E-state index is 0.254. The average Bonchev–Trinajstić information content (AvgIpc) is 3.41. The fraction of sp³-hybridized carbons (Fsp3) is 0. The number of fused-ring (bicyclic) bond motifs is 5. The lowest BCUT2D eigenvalue weighted by Crippen LogP contribution is -2.11. The van der Waals surface area contributed by atoms with Gasteiger partial charge in [0.25, 0.3) is 0 Å². The highest BCUT2D eigenvalue weighted by Gasteiger charge is 2.26. The van der Waals surface area contributed by atoms with Gasteiger partial charge >= 0.3 is 0 Å². The molecule has 3 heteroatoms. The van der Waals surface area contributed by atoms with Gasteiger partial charge in [-0.25, -0.2) is 4.39 Å². The summed E-state index contributed by atoms with van der Waals surface area (Å²) >= 11 is 0. The second kappa shape index (κ2) is 14.6. The Balaban J connectivity index is 1.05. The molecule has 0 radical (unpaired) electrons. The highest BCUT2D eigenvalue weighted by atomic mass is 19.1. The van der Waals surface area contributed by atoms with E-state index in [0.717, 1.165) is 61.9 Å². The topological polar surface area (TPSA) is 6.48 Å². The summed E-state index contributed by atoms with van der Waals surface area (Å²) in [6.45, 7) is 0. The Morgan fingerprint density at radius 2 is 0.684 bits per heavy atom. The predicted octanol–water partition coefficient (Wildman–Crippen LogP) is 15.4. The third kappa shape index (κ3) is 6.45. The minimum Gasteiger partial charge on any atom is -0.311 e. The zero-order valence-electron chi connectivity index (χ0n) is 31.1. The van der Waals surface area contributed by atoms with E-state index in [9.17, 15) is 4.39 Å². The molecular formula is C54H37FN2. The molecule has 1 aliphatic heterocycles. The Morgan fingerprint density at radius 3 is 1.21 bits per heavy atom. The molecular weight excluding hydrogens is 696 g/mol. The summed E-state index contributed by atoms with van der Waals surface area (Å²) in [6.07, 6.45) is 0. The van der Waals surface area contributed by atoms with Crippen LogP contribution >= 0.6 is 0 Å². The van der Waals surface area contributed by atoms with E-state index in [4.69, 9.17) is 0 Å². The molecule has 9 aromatic carbocycles. The minimum atomic E-state index is -0.254. The molecule has 0 aliphatic carbocycles. The second-order valence-electron chi connectivity index (χ2n) is 14.3. The molecule has 270 valence electrons. The first-order valence-corrected chi connectivity index (χ1v) is 19.3. The van der Waals surface area contributed by atoms with Crippen molar-refractivity contribution in [2.45, 2.75) is 0 Å². The second-order valence-corrected chi connectivity index (χ2v) is 14.3. The van der Waals surface area contributed by atoms with Crippen LogP contribution in [0.15, 0.2) is 224 Å². The van der Waals surface area contributed by atoms with E-state index < -0.39 is 0 Å². The number of nitrogens with zero attached hydrogens (tertiary/aromatic N) is 2. The molecule has 1 heterocycles. The summed E-state index contributed by atoms with van der Waals surface area (Å²) in [5.41, 5.74) is 17.8. The van der Waals surface area contributed by atoms with Gasteiger partial charge in [0.1, 0.15) is 5.82 Å². The van der Waals surface area contributed by atoms with Crippen molar-refractivity contribution < 1.29 is 4.39 Å². The van der Waals surface area contributed by atoms with E-state index in [1.165, 1.54) is 39.9 Å². The molecule has 0 fully saturated rings. The summed E-state index contributed by atoms with van der Waals surface area (Å²) < 4.78 is 14.2. The van der Waals surface area contributed by atoms with Crippen LogP contribution in [-0.4, -0.2) is 0 Å². The molecule has 0 saturated heterocycles. The van der Waals surface area contributed by atoms with Crippen LogP contribution in [0.3, 0.4) is 0 Å². The molecule has 0 N–H and O–H groups in total. The van der Waals surface area contributed by atoms with Crippen LogP contribution in [0.25, 0.3) is 55.6 Å². The Kier molecular flexibility index (Phi) is 8.74. The number of halogens is 1. The fourth-order valence-electron chi connectivity index (χ4n) is 8.09. The first-order chi connectivity index (χ1) is 28.2. The summed E-state index contributed by atoms with van der Waals surface area (Å²) in [5.74, 6) is -0.254. The largest absolute Gasteiger partial charge is 0.311 e. The molecule has 0 bridgehead atoms. The van der Waals surface area contributed by atoms with E-state index in [0.29, 0.717) is 0 Å². The van der Waals surface area contributed by atoms with Crippen LogP contribution in [-0.2, 0) is 0 Å². The zero-order valence-corrected chi connectivity index (χ0v) is 31.1. The van der Waals surface area contributed by atoms with E-state index >= 15 is 0 Å². The number of para-hydroxylation sites is 1. The number of anilines is 6. The summed E-state index contributed by atoms with van der Waals surface area (Å²) in [5, 5.41) is 0. The molecule has 0 saturated carbocycles. The van der Waals surface area contributed by atoms with Crippen molar-refractivity contribution in [1.29, 1.82) is 0 Å². The van der Waals surface area contributed by atoms with Crippen molar-refractivity contribution in [2.24, 2.45) is 0 Å². The van der Waals surface area contributed by atoms with Crippen LogP contribution in [0.4, 0.5) is 38.5 Å². The fourth-order valence-corrected chi connectivity index (χ4v) is 8.09. The summed E-state index contributed by atoms with van der Waals surface area (Å²) in [6, 6.07) is 78.0. The first-order valence-electron chi connectivity index (χ1n) is 19.3. The Labute approximate surface area is 333 Å². The van der Waals surface area contributed by atoms with Gasteiger partial charge in [-0.15, -0.1) is 0 Å². The van der Waals surface area contributed by atoms with Crippen LogP contribution in [0.1, 0.15) is 0 Å². The lowest BCUT2D eigenvalue weighted by atomic mass is 9.92. The lowest BCUT2D eigenvalue weighted by molar-refractivity contribution is 0.628. The van der Waals surface area contributed by atoms with Gasteiger partial charge in [-0.1, -0.05) is 146 Å². The van der Waals surface area contributed by atoms with E-state index in [1.54, 1.807) is 0 Å². The monoisotopic (exact) mass is 732 g/mol. The molecule has 10 rings (SSSR count). The van der Waals surface area contributed by atoms with Crippen molar-refractivity contribution in [3.8, 4) is 55.6 Å². The SMILES string of the molecule is Fc1ccc(N2c3ccccc3-c3ccccc3-c3cc(-c4ccc(N(c5ccc(-c6ccccc6)cc5)c5ccc(-c6ccccc6)cc5)cc4)ccc32)cc1. The molecule has 0 spiro atoms. The number of hydrogen-bond acceptors (Lipinski definition) is 2. The van der Waals surface area contributed by atoms with Crippen LogP contribution < -0.4 is 9.80 Å². The van der Waals surface area contributed by atoms with Crippen molar-refractivity contribution in [3.63, 3.8) is 0 Å². The van der Waals surface area contributed by atoms with Gasteiger partial charge in [0.15, 0.2) is 0 Å². The van der Waals surface area contributed by atoms with E-state index in [-0.39, 0.29) is 5.82 Å². The standard InChI is InChI=1S/C54H37FN2/c55-44-26-34-48(35-27-44)57-53-18-10-9-17-51(53)49-15-7-8-16-50(49)52-37-43(25-36-54(52)57)42-23-32-47(33-24-42)56(45-28-19-40(20-29-45)38-11-3-1-4-12-38)46-30-21-41(22-31-46)39-13-5-2-6-14-39/h1-37H. The number of benzene rings is 9. The van der Waals surface area contributed by atoms with Crippen LogP contribution in [0.2, 0.25) is 0 Å². The van der Waals surface area contributed by atoms with Gasteiger partial charge in [0, 0.05) is 33.9 Å². The van der Waals surface area contributed by atoms with Gasteiger partial charge in [-0.05, 0) is 123 Å². The van der Waals surface area contributed by atoms with Crippen molar-refractivity contribution >= 4 is 34.1 Å². The Bertz CT molecular complexity index is 2730. The van der Waals surface area contributed by atoms with Crippen molar-refractivity contribution in [3.05, 3.63) is 230 Å². The van der Waals surface area contributed by atoms with Crippen molar-refractivity contribution in [2.75, 3.05) is 9.80 Å². The van der Waals surface area contributed by atoms with E-state index in [1.807, 2.05) is 12.1 Å². The highest BCUT2D eigenvalue weighted by molar-refractivity contribution is 6.03. The number of rotatable bonds is 7. The normalized spacial score (nSPS) is 11.6. The smallest absolute Gasteiger partial charge is 0.123 e. The molecule has 0 unspecified atom stereocenters. The van der Waals surface area contributed by atoms with Crippen LogP contribution in [0, 0.1) is 5.82 Å².